The largest absolute Gasteiger partial charge is 0.311 e. The van der Waals surface area contributed by atoms with Crippen molar-refractivity contribution in [2.45, 2.75) is 64.6 Å². The predicted octanol–water partition coefficient (Wildman–Crippen LogP) is 3.45. The van der Waals surface area contributed by atoms with Crippen LogP contribution in [0.2, 0.25) is 0 Å². The third kappa shape index (κ3) is 3.56. The molecular weight excluding hydrogens is 254 g/mol. The highest BCUT2D eigenvalue weighted by Crippen LogP contribution is 2.30. The quantitative estimate of drug-likeness (QED) is 0.865. The summed E-state index contributed by atoms with van der Waals surface area (Å²) in [5, 5.41) is 7.11. The van der Waals surface area contributed by atoms with Gasteiger partial charge >= 0.3 is 0 Å². The van der Waals surface area contributed by atoms with Gasteiger partial charge in [0, 0.05) is 36.8 Å². The second-order valence-electron chi connectivity index (χ2n) is 5.45. The molecule has 3 atom stereocenters. The first-order chi connectivity index (χ1) is 9.30. The van der Waals surface area contributed by atoms with E-state index in [0.717, 1.165) is 13.0 Å². The van der Waals surface area contributed by atoms with Crippen LogP contribution in [-0.2, 0) is 0 Å². The second kappa shape index (κ2) is 7.36. The summed E-state index contributed by atoms with van der Waals surface area (Å²) < 4.78 is 0. The fourth-order valence-corrected chi connectivity index (χ4v) is 3.98. The Bertz CT molecular complexity index is 352. The second-order valence-corrected chi connectivity index (χ2v) is 6.37. The molecule has 108 valence electrons. The van der Waals surface area contributed by atoms with Crippen molar-refractivity contribution in [1.29, 1.82) is 0 Å². The van der Waals surface area contributed by atoms with Crippen LogP contribution >= 0.6 is 11.3 Å². The molecule has 0 radical (unpaired) electrons. The molecular formula is C15H27N3S. The van der Waals surface area contributed by atoms with Gasteiger partial charge in [-0.15, -0.1) is 11.3 Å². The number of nitrogens with zero attached hydrogens (tertiary/aromatic N) is 2. The number of piperazine rings is 1. The zero-order valence-corrected chi connectivity index (χ0v) is 13.2. The van der Waals surface area contributed by atoms with Gasteiger partial charge in [-0.05, 0) is 19.3 Å². The normalized spacial score (nSPS) is 26.5. The maximum atomic E-state index is 4.56. The number of hydrogen-bond acceptors (Lipinski definition) is 4. The highest BCUT2D eigenvalue weighted by Gasteiger charge is 2.32. The van der Waals surface area contributed by atoms with Crippen LogP contribution in [0.3, 0.4) is 0 Å². The lowest BCUT2D eigenvalue weighted by molar-refractivity contribution is 0.0733. The van der Waals surface area contributed by atoms with Gasteiger partial charge in [-0.3, -0.25) is 4.90 Å². The molecule has 1 saturated heterocycles. The summed E-state index contributed by atoms with van der Waals surface area (Å²) in [6, 6.07) is 1.81. The molecule has 0 bridgehead atoms. The monoisotopic (exact) mass is 281 g/mol. The maximum absolute atomic E-state index is 4.56. The first-order valence-electron chi connectivity index (χ1n) is 7.68. The zero-order valence-electron chi connectivity index (χ0n) is 12.4. The Morgan fingerprint density at radius 2 is 2.32 bits per heavy atom. The highest BCUT2D eigenvalue weighted by atomic mass is 32.1. The topological polar surface area (TPSA) is 28.2 Å². The molecule has 0 saturated carbocycles. The summed E-state index contributed by atoms with van der Waals surface area (Å²) in [5.41, 5.74) is 0. The third-order valence-corrected chi connectivity index (χ3v) is 5.05. The molecule has 1 aliphatic rings. The smallest absolute Gasteiger partial charge is 0.110 e. The van der Waals surface area contributed by atoms with Gasteiger partial charge in [0.05, 0.1) is 6.04 Å². The van der Waals surface area contributed by atoms with Gasteiger partial charge in [0.2, 0.25) is 0 Å². The molecule has 1 aliphatic heterocycles. The maximum Gasteiger partial charge on any atom is 0.110 e. The van der Waals surface area contributed by atoms with Crippen LogP contribution in [0.1, 0.15) is 57.5 Å². The standard InChI is InChI=1S/C15H27N3S/c1-4-7-12-11-18(13(5-2)10-17-12)14(6-3)15-16-8-9-19-15/h8-9,12-14,17H,4-7,10-11H2,1-3H3. The highest BCUT2D eigenvalue weighted by molar-refractivity contribution is 7.09. The number of thiazole rings is 1. The van der Waals surface area contributed by atoms with Crippen molar-refractivity contribution < 1.29 is 0 Å². The molecule has 3 nitrogen and oxygen atoms in total. The van der Waals surface area contributed by atoms with Gasteiger partial charge in [0.1, 0.15) is 5.01 Å². The molecule has 1 aromatic heterocycles. The Morgan fingerprint density at radius 3 is 2.89 bits per heavy atom. The van der Waals surface area contributed by atoms with E-state index in [-0.39, 0.29) is 0 Å². The minimum atomic E-state index is 0.506. The molecule has 0 aromatic carbocycles. The van der Waals surface area contributed by atoms with Crippen molar-refractivity contribution in [2.75, 3.05) is 13.1 Å². The van der Waals surface area contributed by atoms with Gasteiger partial charge in [-0.25, -0.2) is 4.98 Å². The molecule has 1 fully saturated rings. The summed E-state index contributed by atoms with van der Waals surface area (Å²) in [6.45, 7) is 9.16. The fourth-order valence-electron chi connectivity index (χ4n) is 3.14. The van der Waals surface area contributed by atoms with Crippen molar-refractivity contribution in [3.05, 3.63) is 16.6 Å². The lowest BCUT2D eigenvalue weighted by Gasteiger charge is -2.43. The third-order valence-electron chi connectivity index (χ3n) is 4.17. The predicted molar refractivity (Wildman–Crippen MR) is 82.6 cm³/mol. The number of hydrogen-bond donors (Lipinski definition) is 1. The van der Waals surface area contributed by atoms with Crippen molar-refractivity contribution in [2.24, 2.45) is 0 Å². The molecule has 4 heteroatoms. The van der Waals surface area contributed by atoms with Gasteiger partial charge < -0.3 is 5.32 Å². The molecule has 0 amide bonds. The van der Waals surface area contributed by atoms with Crippen LogP contribution in [0.15, 0.2) is 11.6 Å². The summed E-state index contributed by atoms with van der Waals surface area (Å²) in [4.78, 5) is 7.26. The van der Waals surface area contributed by atoms with E-state index in [0.29, 0.717) is 18.1 Å². The molecule has 19 heavy (non-hydrogen) atoms. The van der Waals surface area contributed by atoms with E-state index >= 15 is 0 Å². The Morgan fingerprint density at radius 1 is 1.47 bits per heavy atom. The minimum Gasteiger partial charge on any atom is -0.311 e. The lowest BCUT2D eigenvalue weighted by atomic mass is 10.00. The van der Waals surface area contributed by atoms with E-state index in [1.54, 1.807) is 11.3 Å². The Balaban J connectivity index is 2.11. The van der Waals surface area contributed by atoms with Gasteiger partial charge in [0.15, 0.2) is 0 Å². The summed E-state index contributed by atoms with van der Waals surface area (Å²) in [6.07, 6.45) is 6.85. The van der Waals surface area contributed by atoms with Crippen molar-refractivity contribution in [1.82, 2.24) is 15.2 Å². The first-order valence-corrected chi connectivity index (χ1v) is 8.56. The Labute approximate surface area is 121 Å². The van der Waals surface area contributed by atoms with E-state index in [2.05, 4.69) is 41.4 Å². The Kier molecular flexibility index (Phi) is 5.79. The Hall–Kier alpha value is -0.450. The number of aromatic nitrogens is 1. The molecule has 3 unspecified atom stereocenters. The van der Waals surface area contributed by atoms with Crippen LogP contribution in [0.25, 0.3) is 0 Å². The molecule has 1 N–H and O–H groups in total. The minimum absolute atomic E-state index is 0.506. The molecule has 2 rings (SSSR count). The lowest BCUT2D eigenvalue weighted by Crippen LogP contribution is -2.57. The van der Waals surface area contributed by atoms with E-state index in [9.17, 15) is 0 Å². The van der Waals surface area contributed by atoms with Gasteiger partial charge in [-0.2, -0.15) is 0 Å². The molecule has 0 spiro atoms. The van der Waals surface area contributed by atoms with Crippen LogP contribution in [0.4, 0.5) is 0 Å². The molecule has 0 aliphatic carbocycles. The molecule has 2 heterocycles. The molecule has 1 aromatic rings. The first kappa shape index (κ1) is 14.9. The zero-order chi connectivity index (χ0) is 13.7. The van der Waals surface area contributed by atoms with Crippen molar-refractivity contribution >= 4 is 11.3 Å². The van der Waals surface area contributed by atoms with Gasteiger partial charge in [0.25, 0.3) is 0 Å². The number of nitrogens with one attached hydrogen (secondary N) is 1. The van der Waals surface area contributed by atoms with Crippen LogP contribution in [-0.4, -0.2) is 35.1 Å². The summed E-state index contributed by atoms with van der Waals surface area (Å²) >= 11 is 1.80. The number of rotatable bonds is 6. The van der Waals surface area contributed by atoms with E-state index in [1.807, 2.05) is 6.20 Å². The fraction of sp³-hybridized carbons (Fsp3) is 0.800. The summed E-state index contributed by atoms with van der Waals surface area (Å²) in [7, 11) is 0. The summed E-state index contributed by atoms with van der Waals surface area (Å²) in [5.74, 6) is 0. The van der Waals surface area contributed by atoms with Crippen LogP contribution in [0, 0.1) is 0 Å². The van der Waals surface area contributed by atoms with Crippen molar-refractivity contribution in [3.63, 3.8) is 0 Å². The van der Waals surface area contributed by atoms with Crippen LogP contribution in [0.5, 0.6) is 0 Å². The average molecular weight is 281 g/mol. The van der Waals surface area contributed by atoms with E-state index in [4.69, 9.17) is 0 Å². The van der Waals surface area contributed by atoms with E-state index in [1.165, 1.54) is 30.8 Å². The average Bonchev–Trinajstić information content (AvgIpc) is 2.94. The van der Waals surface area contributed by atoms with Crippen molar-refractivity contribution in [3.8, 4) is 0 Å². The SMILES string of the molecule is CCCC1CN(C(CC)c2nccs2)C(CC)CN1. The van der Waals surface area contributed by atoms with Gasteiger partial charge in [-0.1, -0.05) is 27.2 Å². The van der Waals surface area contributed by atoms with E-state index < -0.39 is 0 Å². The van der Waals surface area contributed by atoms with Crippen LogP contribution < -0.4 is 5.32 Å².